The molecule has 2 heterocycles. The Kier molecular flexibility index (Phi) is 5.47. The first-order valence-corrected chi connectivity index (χ1v) is 9.01. The van der Waals surface area contributed by atoms with Crippen molar-refractivity contribution in [3.8, 4) is 0 Å². The second kappa shape index (κ2) is 7.79. The maximum atomic E-state index is 12.7. The van der Waals surface area contributed by atoms with E-state index >= 15 is 0 Å². The van der Waals surface area contributed by atoms with Gasteiger partial charge >= 0.3 is 0 Å². The van der Waals surface area contributed by atoms with Crippen LogP contribution in [0, 0.1) is 5.41 Å². The van der Waals surface area contributed by atoms with Crippen LogP contribution in [0.4, 0.5) is 5.82 Å². The molecule has 1 aromatic heterocycles. The van der Waals surface area contributed by atoms with Crippen molar-refractivity contribution in [2.24, 2.45) is 5.41 Å². The zero-order valence-corrected chi connectivity index (χ0v) is 15.4. The Morgan fingerprint density at radius 3 is 2.38 bits per heavy atom. The highest BCUT2D eigenvalue weighted by atomic mass is 16.2. The fourth-order valence-corrected chi connectivity index (χ4v) is 3.22. The van der Waals surface area contributed by atoms with Gasteiger partial charge in [-0.2, -0.15) is 0 Å². The number of rotatable bonds is 5. The van der Waals surface area contributed by atoms with Crippen LogP contribution in [0.3, 0.4) is 0 Å². The number of Topliss-reactive ketones (excluding diaryl/α,β-unsaturated/α-hetero) is 1. The summed E-state index contributed by atoms with van der Waals surface area (Å²) in [6.07, 6.45) is 3.14. The van der Waals surface area contributed by atoms with Crippen molar-refractivity contribution in [3.05, 3.63) is 59.8 Å². The van der Waals surface area contributed by atoms with Gasteiger partial charge in [0.1, 0.15) is 5.82 Å². The van der Waals surface area contributed by atoms with Crippen molar-refractivity contribution in [3.63, 3.8) is 0 Å². The lowest BCUT2D eigenvalue weighted by molar-refractivity contribution is -0.127. The van der Waals surface area contributed by atoms with E-state index in [2.05, 4.69) is 39.5 Å². The molecule has 0 atom stereocenters. The third-order valence-corrected chi connectivity index (χ3v) is 5.17. The maximum absolute atomic E-state index is 12.7. The van der Waals surface area contributed by atoms with Crippen molar-refractivity contribution in [2.45, 2.75) is 33.2 Å². The number of carbonyl (C=O) groups is 2. The van der Waals surface area contributed by atoms with Crippen molar-refractivity contribution in [1.82, 2.24) is 9.88 Å². The van der Waals surface area contributed by atoms with E-state index in [-0.39, 0.29) is 11.7 Å². The minimum Gasteiger partial charge on any atom is -0.310 e. The number of likely N-dealkylation sites (tertiary alicyclic amines) is 1. The normalized spacial score (nSPS) is 16.8. The molecule has 26 heavy (non-hydrogen) atoms. The summed E-state index contributed by atoms with van der Waals surface area (Å²) in [4.78, 5) is 30.6. The zero-order chi connectivity index (χ0) is 18.6. The Morgan fingerprint density at radius 1 is 1.12 bits per heavy atom. The third-order valence-electron chi connectivity index (χ3n) is 5.17. The molecule has 136 valence electrons. The van der Waals surface area contributed by atoms with Gasteiger partial charge in [-0.15, -0.1) is 0 Å². The van der Waals surface area contributed by atoms with Crippen molar-refractivity contribution >= 4 is 17.5 Å². The fraction of sp³-hybridized carbons (Fsp3) is 0.381. The van der Waals surface area contributed by atoms with E-state index in [0.717, 1.165) is 32.5 Å². The van der Waals surface area contributed by atoms with Gasteiger partial charge < -0.3 is 5.32 Å². The van der Waals surface area contributed by atoms with Gasteiger partial charge in [-0.1, -0.05) is 37.3 Å². The number of hydrogen-bond acceptors (Lipinski definition) is 4. The molecule has 1 aliphatic heterocycles. The Balaban J connectivity index is 1.55. The molecule has 0 unspecified atom stereocenters. The van der Waals surface area contributed by atoms with Gasteiger partial charge in [0.15, 0.2) is 5.78 Å². The maximum Gasteiger partial charge on any atom is 0.231 e. The standard InChI is InChI=1S/C21H25N3O2/c1-16(25)18-8-9-19(22-14-18)23-20(26)21(2)10-12-24(13-11-21)15-17-6-4-3-5-7-17/h3-9,14H,10-13,15H2,1-2H3,(H,22,23,26). The lowest BCUT2D eigenvalue weighted by atomic mass is 9.79. The number of anilines is 1. The SMILES string of the molecule is CC(=O)c1ccc(NC(=O)C2(C)CCN(Cc3ccccc3)CC2)nc1. The zero-order valence-electron chi connectivity index (χ0n) is 15.4. The quantitative estimate of drug-likeness (QED) is 0.837. The molecule has 0 saturated carbocycles. The molecule has 1 N–H and O–H groups in total. The van der Waals surface area contributed by atoms with Crippen LogP contribution in [0.5, 0.6) is 0 Å². The Morgan fingerprint density at radius 2 is 1.81 bits per heavy atom. The predicted molar refractivity (Wildman–Crippen MR) is 102 cm³/mol. The molecule has 5 nitrogen and oxygen atoms in total. The topological polar surface area (TPSA) is 62.3 Å². The van der Waals surface area contributed by atoms with Gasteiger partial charge in [0.05, 0.1) is 0 Å². The van der Waals surface area contributed by atoms with Crippen molar-refractivity contribution in [1.29, 1.82) is 0 Å². The van der Waals surface area contributed by atoms with Crippen LogP contribution < -0.4 is 5.32 Å². The summed E-state index contributed by atoms with van der Waals surface area (Å²) in [5.74, 6) is 0.459. The fourth-order valence-electron chi connectivity index (χ4n) is 3.22. The lowest BCUT2D eigenvalue weighted by Crippen LogP contribution is -2.44. The number of ketones is 1. The predicted octanol–water partition coefficient (Wildman–Crippen LogP) is 3.53. The van der Waals surface area contributed by atoms with Crippen LogP contribution in [0.1, 0.15) is 42.6 Å². The lowest BCUT2D eigenvalue weighted by Gasteiger charge is -2.38. The van der Waals surface area contributed by atoms with Crippen LogP contribution in [-0.4, -0.2) is 34.7 Å². The molecular formula is C21H25N3O2. The number of amides is 1. The number of aromatic nitrogens is 1. The largest absolute Gasteiger partial charge is 0.310 e. The third kappa shape index (κ3) is 4.35. The summed E-state index contributed by atoms with van der Waals surface area (Å²) in [5, 5.41) is 2.90. The summed E-state index contributed by atoms with van der Waals surface area (Å²) < 4.78 is 0. The molecular weight excluding hydrogens is 326 g/mol. The van der Waals surface area contributed by atoms with Crippen LogP contribution >= 0.6 is 0 Å². The monoisotopic (exact) mass is 351 g/mol. The molecule has 1 aliphatic rings. The van der Waals surface area contributed by atoms with Gasteiger partial charge in [0.25, 0.3) is 0 Å². The molecule has 0 aliphatic carbocycles. The van der Waals surface area contributed by atoms with Gasteiger partial charge in [0.2, 0.25) is 5.91 Å². The Hall–Kier alpha value is -2.53. The number of benzene rings is 1. The molecule has 1 fully saturated rings. The highest BCUT2D eigenvalue weighted by Crippen LogP contribution is 2.32. The van der Waals surface area contributed by atoms with E-state index in [9.17, 15) is 9.59 Å². The number of pyridine rings is 1. The molecule has 2 aromatic rings. The molecule has 5 heteroatoms. The molecule has 1 amide bonds. The van der Waals surface area contributed by atoms with E-state index < -0.39 is 5.41 Å². The van der Waals surface area contributed by atoms with E-state index in [1.807, 2.05) is 13.0 Å². The Bertz CT molecular complexity index is 764. The average molecular weight is 351 g/mol. The van der Waals surface area contributed by atoms with Crippen LogP contribution in [-0.2, 0) is 11.3 Å². The number of hydrogen-bond donors (Lipinski definition) is 1. The van der Waals surface area contributed by atoms with E-state index in [4.69, 9.17) is 0 Å². The summed E-state index contributed by atoms with van der Waals surface area (Å²) in [6.45, 7) is 6.24. The summed E-state index contributed by atoms with van der Waals surface area (Å²) in [6, 6.07) is 13.8. The number of carbonyl (C=O) groups excluding carboxylic acids is 2. The number of nitrogens with one attached hydrogen (secondary N) is 1. The van der Waals surface area contributed by atoms with Crippen molar-refractivity contribution in [2.75, 3.05) is 18.4 Å². The van der Waals surface area contributed by atoms with Crippen LogP contribution in [0.15, 0.2) is 48.7 Å². The first-order chi connectivity index (χ1) is 12.5. The second-order valence-electron chi connectivity index (χ2n) is 7.26. The van der Waals surface area contributed by atoms with Gasteiger partial charge in [-0.05, 0) is 50.6 Å². The molecule has 3 rings (SSSR count). The molecule has 0 radical (unpaired) electrons. The molecule has 0 spiro atoms. The summed E-state index contributed by atoms with van der Waals surface area (Å²) in [7, 11) is 0. The smallest absolute Gasteiger partial charge is 0.231 e. The minimum atomic E-state index is -0.395. The average Bonchev–Trinajstić information content (AvgIpc) is 2.65. The van der Waals surface area contributed by atoms with Crippen molar-refractivity contribution < 1.29 is 9.59 Å². The van der Waals surface area contributed by atoms with Crippen LogP contribution in [0.25, 0.3) is 0 Å². The van der Waals surface area contributed by atoms with Gasteiger partial charge in [0, 0.05) is 23.7 Å². The molecule has 1 saturated heterocycles. The number of piperidine rings is 1. The first kappa shape index (κ1) is 18.3. The first-order valence-electron chi connectivity index (χ1n) is 9.01. The second-order valence-corrected chi connectivity index (χ2v) is 7.26. The van der Waals surface area contributed by atoms with E-state index in [1.165, 1.54) is 18.7 Å². The van der Waals surface area contributed by atoms with E-state index in [0.29, 0.717) is 11.4 Å². The number of nitrogens with zero attached hydrogens (tertiary/aromatic N) is 2. The van der Waals surface area contributed by atoms with E-state index in [1.54, 1.807) is 12.1 Å². The van der Waals surface area contributed by atoms with Gasteiger partial charge in [-0.3, -0.25) is 14.5 Å². The molecule has 0 bridgehead atoms. The molecule has 1 aromatic carbocycles. The van der Waals surface area contributed by atoms with Crippen LogP contribution in [0.2, 0.25) is 0 Å². The minimum absolute atomic E-state index is 0.0000592. The highest BCUT2D eigenvalue weighted by Gasteiger charge is 2.37. The summed E-state index contributed by atoms with van der Waals surface area (Å²) in [5.41, 5.74) is 1.45. The Labute approximate surface area is 154 Å². The highest BCUT2D eigenvalue weighted by molar-refractivity contribution is 5.96. The van der Waals surface area contributed by atoms with Gasteiger partial charge in [-0.25, -0.2) is 4.98 Å². The summed E-state index contributed by atoms with van der Waals surface area (Å²) >= 11 is 0.